The van der Waals surface area contributed by atoms with Crippen molar-refractivity contribution in [3.8, 4) is 0 Å². The summed E-state index contributed by atoms with van der Waals surface area (Å²) in [5, 5.41) is 0.530. The molecule has 1 saturated heterocycles. The summed E-state index contributed by atoms with van der Waals surface area (Å²) in [6, 6.07) is 8.37. The van der Waals surface area contributed by atoms with Gasteiger partial charge in [0, 0.05) is 45.2 Å². The summed E-state index contributed by atoms with van der Waals surface area (Å²) in [7, 11) is 0. The van der Waals surface area contributed by atoms with Crippen LogP contribution < -0.4 is 10.6 Å². The van der Waals surface area contributed by atoms with Gasteiger partial charge in [0.1, 0.15) is 4.99 Å². The SMILES string of the molecule is CCSC(N)=NC(=S)Cc1ccc(N2CCN(C(C)=O)CC2)cc1. The Morgan fingerprint density at radius 2 is 1.88 bits per heavy atom. The van der Waals surface area contributed by atoms with Crippen LogP contribution in [0.25, 0.3) is 0 Å². The van der Waals surface area contributed by atoms with Gasteiger partial charge < -0.3 is 15.5 Å². The third-order valence-electron chi connectivity index (χ3n) is 3.91. The van der Waals surface area contributed by atoms with Crippen LogP contribution in [-0.4, -0.2) is 52.9 Å². The van der Waals surface area contributed by atoms with Gasteiger partial charge in [-0.05, 0) is 23.4 Å². The molecule has 1 amide bonds. The number of benzene rings is 1. The van der Waals surface area contributed by atoms with Crippen LogP contribution in [0.1, 0.15) is 19.4 Å². The lowest BCUT2D eigenvalue weighted by atomic mass is 10.1. The number of carbonyl (C=O) groups is 1. The van der Waals surface area contributed by atoms with Gasteiger partial charge in [0.15, 0.2) is 5.17 Å². The molecular formula is C17H24N4OS2. The van der Waals surface area contributed by atoms with Crippen molar-refractivity contribution in [3.05, 3.63) is 29.8 Å². The lowest BCUT2D eigenvalue weighted by Crippen LogP contribution is -2.48. The number of thiocarbonyl (C=S) groups is 1. The molecule has 24 heavy (non-hydrogen) atoms. The molecule has 1 aliphatic rings. The van der Waals surface area contributed by atoms with E-state index in [1.165, 1.54) is 17.4 Å². The summed E-state index contributed by atoms with van der Waals surface area (Å²) in [5.74, 6) is 1.04. The van der Waals surface area contributed by atoms with Crippen molar-refractivity contribution >= 4 is 45.7 Å². The fraction of sp³-hybridized carbons (Fsp3) is 0.471. The molecule has 0 aliphatic carbocycles. The van der Waals surface area contributed by atoms with Crippen LogP contribution >= 0.6 is 24.0 Å². The maximum atomic E-state index is 11.4. The second kappa shape index (κ2) is 9.03. The monoisotopic (exact) mass is 364 g/mol. The van der Waals surface area contributed by atoms with Gasteiger partial charge in [0.05, 0.1) is 0 Å². The van der Waals surface area contributed by atoms with Crippen LogP contribution in [0.3, 0.4) is 0 Å². The van der Waals surface area contributed by atoms with Crippen molar-refractivity contribution in [2.24, 2.45) is 10.7 Å². The number of carbonyl (C=O) groups excluding carboxylic acids is 1. The molecule has 2 N–H and O–H groups in total. The van der Waals surface area contributed by atoms with Crippen LogP contribution in [0.4, 0.5) is 5.69 Å². The predicted octanol–water partition coefficient (Wildman–Crippen LogP) is 2.29. The van der Waals surface area contributed by atoms with Crippen molar-refractivity contribution in [1.29, 1.82) is 0 Å². The molecule has 0 spiro atoms. The van der Waals surface area contributed by atoms with Gasteiger partial charge in [0.25, 0.3) is 0 Å². The zero-order valence-corrected chi connectivity index (χ0v) is 15.8. The molecule has 5 nitrogen and oxygen atoms in total. The Morgan fingerprint density at radius 3 is 2.42 bits per heavy atom. The molecule has 1 aliphatic heterocycles. The van der Waals surface area contributed by atoms with Crippen LogP contribution in [0, 0.1) is 0 Å². The second-order valence-corrected chi connectivity index (χ2v) is 7.37. The molecule has 0 bridgehead atoms. The first-order valence-electron chi connectivity index (χ1n) is 8.08. The number of anilines is 1. The average Bonchev–Trinajstić information content (AvgIpc) is 2.55. The van der Waals surface area contributed by atoms with E-state index in [0.29, 0.717) is 16.6 Å². The number of amides is 1. The number of nitrogens with two attached hydrogens (primary N) is 1. The Labute approximate surface area is 153 Å². The fourth-order valence-corrected chi connectivity index (χ4v) is 3.41. The van der Waals surface area contributed by atoms with E-state index in [0.717, 1.165) is 37.5 Å². The Balaban J connectivity index is 1.90. The molecule has 2 rings (SSSR count). The largest absolute Gasteiger partial charge is 0.378 e. The molecule has 7 heteroatoms. The van der Waals surface area contributed by atoms with Gasteiger partial charge in [-0.1, -0.05) is 43.0 Å². The Morgan fingerprint density at radius 1 is 1.25 bits per heavy atom. The van der Waals surface area contributed by atoms with Crippen molar-refractivity contribution in [2.75, 3.05) is 36.8 Å². The van der Waals surface area contributed by atoms with Crippen LogP contribution in [-0.2, 0) is 11.2 Å². The highest BCUT2D eigenvalue weighted by molar-refractivity contribution is 8.13. The van der Waals surface area contributed by atoms with Gasteiger partial charge in [0.2, 0.25) is 5.91 Å². The number of nitrogens with zero attached hydrogens (tertiary/aromatic N) is 3. The zero-order valence-electron chi connectivity index (χ0n) is 14.2. The Kier molecular flexibility index (Phi) is 7.05. The van der Waals surface area contributed by atoms with Crippen molar-refractivity contribution < 1.29 is 4.79 Å². The van der Waals surface area contributed by atoms with Gasteiger partial charge in [-0.2, -0.15) is 0 Å². The first-order valence-corrected chi connectivity index (χ1v) is 9.48. The molecule has 0 radical (unpaired) electrons. The molecule has 0 atom stereocenters. The maximum Gasteiger partial charge on any atom is 0.219 e. The highest BCUT2D eigenvalue weighted by atomic mass is 32.2. The Hall–Kier alpha value is -1.60. The number of piperazine rings is 1. The number of rotatable bonds is 4. The van der Waals surface area contributed by atoms with Gasteiger partial charge in [-0.3, -0.25) is 4.79 Å². The van der Waals surface area contributed by atoms with E-state index in [2.05, 4.69) is 34.2 Å². The van der Waals surface area contributed by atoms with Crippen LogP contribution in [0.5, 0.6) is 0 Å². The fourth-order valence-electron chi connectivity index (χ4n) is 2.62. The third-order valence-corrected chi connectivity index (χ3v) is 4.82. The quantitative estimate of drug-likeness (QED) is 0.505. The third kappa shape index (κ3) is 5.49. The topological polar surface area (TPSA) is 61.9 Å². The normalized spacial score (nSPS) is 15.5. The highest BCUT2D eigenvalue weighted by Gasteiger charge is 2.18. The van der Waals surface area contributed by atoms with E-state index in [-0.39, 0.29) is 5.91 Å². The molecular weight excluding hydrogens is 340 g/mol. The molecule has 1 heterocycles. The van der Waals surface area contributed by atoms with Gasteiger partial charge in [-0.15, -0.1) is 0 Å². The predicted molar refractivity (Wildman–Crippen MR) is 107 cm³/mol. The van der Waals surface area contributed by atoms with E-state index in [4.69, 9.17) is 18.0 Å². The average molecular weight is 365 g/mol. The zero-order chi connectivity index (χ0) is 17.5. The summed E-state index contributed by atoms with van der Waals surface area (Å²) in [5.41, 5.74) is 8.09. The van der Waals surface area contributed by atoms with E-state index in [1.807, 2.05) is 11.8 Å². The maximum absolute atomic E-state index is 11.4. The second-order valence-electron chi connectivity index (χ2n) is 5.61. The number of hydrogen-bond donors (Lipinski definition) is 1. The molecule has 1 fully saturated rings. The summed E-state index contributed by atoms with van der Waals surface area (Å²) in [6.45, 7) is 6.96. The van der Waals surface area contributed by atoms with Crippen LogP contribution in [0.15, 0.2) is 29.3 Å². The minimum absolute atomic E-state index is 0.152. The number of amidine groups is 1. The van der Waals surface area contributed by atoms with E-state index in [1.54, 1.807) is 6.92 Å². The summed E-state index contributed by atoms with van der Waals surface area (Å²) < 4.78 is 0. The van der Waals surface area contributed by atoms with Crippen molar-refractivity contribution in [1.82, 2.24) is 4.90 Å². The first kappa shape index (κ1) is 18.7. The highest BCUT2D eigenvalue weighted by Crippen LogP contribution is 2.18. The molecule has 0 saturated carbocycles. The number of hydrogen-bond acceptors (Lipinski definition) is 4. The van der Waals surface area contributed by atoms with Crippen molar-refractivity contribution in [3.63, 3.8) is 0 Å². The van der Waals surface area contributed by atoms with E-state index < -0.39 is 0 Å². The standard InChI is InChI=1S/C17H24N4OS2/c1-3-24-17(18)19-16(23)12-14-4-6-15(7-5-14)21-10-8-20(9-11-21)13(2)22/h4-7H,3,8-12H2,1-2H3,(H2,18,19,23). The molecule has 0 aromatic heterocycles. The molecule has 1 aromatic carbocycles. The summed E-state index contributed by atoms with van der Waals surface area (Å²) in [6.07, 6.45) is 0.624. The minimum Gasteiger partial charge on any atom is -0.378 e. The van der Waals surface area contributed by atoms with E-state index in [9.17, 15) is 4.79 Å². The molecule has 130 valence electrons. The van der Waals surface area contributed by atoms with Crippen molar-refractivity contribution in [2.45, 2.75) is 20.3 Å². The first-order chi connectivity index (χ1) is 11.5. The number of aliphatic imine (C=N–C) groups is 1. The number of thioether (sulfide) groups is 1. The minimum atomic E-state index is 0.152. The van der Waals surface area contributed by atoms with E-state index >= 15 is 0 Å². The van der Waals surface area contributed by atoms with Gasteiger partial charge in [-0.25, -0.2) is 4.99 Å². The Bertz CT molecular complexity index is 608. The smallest absolute Gasteiger partial charge is 0.219 e. The molecule has 0 unspecified atom stereocenters. The summed E-state index contributed by atoms with van der Waals surface area (Å²) in [4.78, 5) is 20.4. The van der Waals surface area contributed by atoms with Crippen LogP contribution in [0.2, 0.25) is 0 Å². The van der Waals surface area contributed by atoms with Gasteiger partial charge >= 0.3 is 0 Å². The lowest BCUT2D eigenvalue weighted by Gasteiger charge is -2.35. The summed E-state index contributed by atoms with van der Waals surface area (Å²) >= 11 is 6.79. The molecule has 1 aromatic rings. The lowest BCUT2D eigenvalue weighted by molar-refractivity contribution is -0.129.